The SMILES string of the molecule is CC/C=C\C/C=C\C/C=C\C/C=C\C/C=C\C/C=C\C/C=C\C/C=C\CCCCCCCCCCC(=O)NC(COP(=O)(O)OCC[N+](C)(C)C)C(O)/C=C/CCCCCCCCCCC. The van der Waals surface area contributed by atoms with Crippen molar-refractivity contribution < 1.29 is 32.9 Å². The lowest BCUT2D eigenvalue weighted by molar-refractivity contribution is -0.870. The molecule has 0 aromatic rings. The number of amides is 1. The first-order valence-electron chi connectivity index (χ1n) is 26.3. The molecular weight excluding hydrogens is 840 g/mol. The maximum atomic E-state index is 12.9. The van der Waals surface area contributed by atoms with Crippen LogP contribution >= 0.6 is 7.82 Å². The number of unbranched alkanes of at least 4 members (excludes halogenated alkanes) is 17. The molecular formula is C57H100N2O6P+. The van der Waals surface area contributed by atoms with Crippen molar-refractivity contribution in [3.63, 3.8) is 0 Å². The highest BCUT2D eigenvalue weighted by Crippen LogP contribution is 2.43. The van der Waals surface area contributed by atoms with Crippen LogP contribution in [0.4, 0.5) is 0 Å². The Morgan fingerprint density at radius 2 is 0.909 bits per heavy atom. The molecule has 0 fully saturated rings. The third kappa shape index (κ3) is 49.1. The van der Waals surface area contributed by atoms with Gasteiger partial charge in [-0.1, -0.05) is 213 Å². The average Bonchev–Trinajstić information content (AvgIpc) is 3.28. The zero-order valence-electron chi connectivity index (χ0n) is 42.9. The Kier molecular flexibility index (Phi) is 45.2. The van der Waals surface area contributed by atoms with Crippen LogP contribution in [0.5, 0.6) is 0 Å². The number of nitrogens with zero attached hydrogens (tertiary/aromatic N) is 1. The molecule has 0 aliphatic heterocycles. The van der Waals surface area contributed by atoms with E-state index in [0.717, 1.165) is 103 Å². The Morgan fingerprint density at radius 1 is 0.530 bits per heavy atom. The zero-order valence-corrected chi connectivity index (χ0v) is 43.8. The lowest BCUT2D eigenvalue weighted by Gasteiger charge is -2.25. The van der Waals surface area contributed by atoms with Crippen LogP contribution in [-0.4, -0.2) is 73.4 Å². The van der Waals surface area contributed by atoms with Crippen molar-refractivity contribution in [1.29, 1.82) is 0 Å². The molecule has 9 heteroatoms. The number of carbonyl (C=O) groups is 1. The largest absolute Gasteiger partial charge is 0.472 e. The van der Waals surface area contributed by atoms with Crippen molar-refractivity contribution in [2.45, 2.75) is 206 Å². The van der Waals surface area contributed by atoms with Crippen molar-refractivity contribution in [2.24, 2.45) is 0 Å². The van der Waals surface area contributed by atoms with Gasteiger partial charge in [-0.15, -0.1) is 0 Å². The zero-order chi connectivity index (χ0) is 48.5. The summed E-state index contributed by atoms with van der Waals surface area (Å²) in [5.74, 6) is -0.192. The van der Waals surface area contributed by atoms with Gasteiger partial charge in [-0.3, -0.25) is 13.8 Å². The van der Waals surface area contributed by atoms with Gasteiger partial charge >= 0.3 is 7.82 Å². The van der Waals surface area contributed by atoms with E-state index in [0.29, 0.717) is 17.4 Å². The number of likely N-dealkylation sites (N-methyl/N-ethyl adjacent to an activating group) is 1. The average molecular weight is 940 g/mol. The number of nitrogens with one attached hydrogen (secondary N) is 1. The van der Waals surface area contributed by atoms with Gasteiger partial charge in [0.1, 0.15) is 13.2 Å². The van der Waals surface area contributed by atoms with Crippen LogP contribution in [-0.2, 0) is 18.4 Å². The van der Waals surface area contributed by atoms with Crippen molar-refractivity contribution in [3.05, 3.63) is 109 Å². The number of quaternary nitrogens is 1. The smallest absolute Gasteiger partial charge is 0.387 e. The van der Waals surface area contributed by atoms with E-state index in [-0.39, 0.29) is 19.1 Å². The second kappa shape index (κ2) is 47.2. The maximum absolute atomic E-state index is 12.9. The number of allylic oxidation sites excluding steroid dienone is 17. The third-order valence-electron chi connectivity index (χ3n) is 11.0. The van der Waals surface area contributed by atoms with Gasteiger partial charge in [0, 0.05) is 6.42 Å². The predicted octanol–water partition coefficient (Wildman–Crippen LogP) is 15.6. The monoisotopic (exact) mass is 940 g/mol. The molecule has 3 unspecified atom stereocenters. The first kappa shape index (κ1) is 63.2. The van der Waals surface area contributed by atoms with Crippen LogP contribution in [0.2, 0.25) is 0 Å². The predicted molar refractivity (Wildman–Crippen MR) is 285 cm³/mol. The fraction of sp³-hybridized carbons (Fsp3) is 0.667. The van der Waals surface area contributed by atoms with Crippen molar-refractivity contribution in [1.82, 2.24) is 5.32 Å². The molecule has 0 spiro atoms. The highest BCUT2D eigenvalue weighted by molar-refractivity contribution is 7.47. The summed E-state index contributed by atoms with van der Waals surface area (Å²) in [6, 6.07) is -0.857. The summed E-state index contributed by atoms with van der Waals surface area (Å²) in [6.45, 7) is 4.66. The molecule has 8 nitrogen and oxygen atoms in total. The number of phosphoric ester groups is 1. The van der Waals surface area contributed by atoms with Gasteiger partial charge in [0.25, 0.3) is 0 Å². The summed E-state index contributed by atoms with van der Waals surface area (Å²) in [6.07, 6.45) is 68.9. The summed E-state index contributed by atoms with van der Waals surface area (Å²) in [5, 5.41) is 13.8. The van der Waals surface area contributed by atoms with Gasteiger partial charge in [0.2, 0.25) is 5.91 Å². The fourth-order valence-electron chi connectivity index (χ4n) is 6.88. The van der Waals surface area contributed by atoms with Gasteiger partial charge < -0.3 is 19.8 Å². The first-order chi connectivity index (χ1) is 32.0. The van der Waals surface area contributed by atoms with Gasteiger partial charge in [-0.2, -0.15) is 0 Å². The van der Waals surface area contributed by atoms with Gasteiger partial charge in [0.05, 0.1) is 39.9 Å². The molecule has 1 amide bonds. The number of carbonyl (C=O) groups excluding carboxylic acids is 1. The number of phosphoric acid groups is 1. The molecule has 0 aromatic heterocycles. The summed E-state index contributed by atoms with van der Waals surface area (Å²) >= 11 is 0. The van der Waals surface area contributed by atoms with Crippen molar-refractivity contribution in [2.75, 3.05) is 40.9 Å². The van der Waals surface area contributed by atoms with Crippen LogP contribution in [0.1, 0.15) is 194 Å². The Morgan fingerprint density at radius 3 is 1.33 bits per heavy atom. The number of hydrogen-bond acceptors (Lipinski definition) is 5. The molecule has 0 bridgehead atoms. The van der Waals surface area contributed by atoms with Crippen LogP contribution in [0.3, 0.4) is 0 Å². The summed E-state index contributed by atoms with van der Waals surface area (Å²) < 4.78 is 23.6. The summed E-state index contributed by atoms with van der Waals surface area (Å²) in [4.78, 5) is 23.2. The minimum absolute atomic E-state index is 0.0542. The second-order valence-electron chi connectivity index (χ2n) is 18.5. The van der Waals surface area contributed by atoms with E-state index < -0.39 is 20.0 Å². The number of aliphatic hydroxyl groups is 1. The molecule has 66 heavy (non-hydrogen) atoms. The van der Waals surface area contributed by atoms with Gasteiger partial charge in [-0.05, 0) is 83.5 Å². The minimum atomic E-state index is -4.35. The van der Waals surface area contributed by atoms with E-state index in [9.17, 15) is 19.4 Å². The van der Waals surface area contributed by atoms with E-state index in [1.807, 2.05) is 27.2 Å². The number of rotatable bonds is 46. The highest BCUT2D eigenvalue weighted by Gasteiger charge is 2.27. The lowest BCUT2D eigenvalue weighted by atomic mass is 10.1. The molecule has 0 aliphatic rings. The Labute approximate surface area is 406 Å². The topological polar surface area (TPSA) is 105 Å². The molecule has 0 heterocycles. The maximum Gasteiger partial charge on any atom is 0.472 e. The second-order valence-corrected chi connectivity index (χ2v) is 20.0. The van der Waals surface area contributed by atoms with Gasteiger partial charge in [0.15, 0.2) is 0 Å². The normalized spacial score (nSPS) is 15.0. The molecule has 3 N–H and O–H groups in total. The van der Waals surface area contributed by atoms with Crippen LogP contribution < -0.4 is 5.32 Å². The summed E-state index contributed by atoms with van der Waals surface area (Å²) in [7, 11) is 1.55. The molecule has 378 valence electrons. The van der Waals surface area contributed by atoms with Crippen LogP contribution in [0, 0.1) is 0 Å². The van der Waals surface area contributed by atoms with E-state index in [1.165, 1.54) is 70.6 Å². The first-order valence-corrected chi connectivity index (χ1v) is 27.8. The van der Waals surface area contributed by atoms with Crippen LogP contribution in [0.25, 0.3) is 0 Å². The molecule has 3 atom stereocenters. The van der Waals surface area contributed by atoms with Gasteiger partial charge in [-0.25, -0.2) is 4.57 Å². The van der Waals surface area contributed by atoms with E-state index in [1.54, 1.807) is 6.08 Å². The fourth-order valence-corrected chi connectivity index (χ4v) is 7.61. The standard InChI is InChI=1S/C57H99N2O6P/c1-6-8-10-12-14-16-18-19-20-21-22-23-24-25-26-27-28-29-30-31-32-33-34-35-36-37-38-39-41-43-45-47-49-51-57(61)58-55(54-65-66(62,63)64-53-52-59(3,4)5)56(60)50-48-46-44-42-40-17-15-13-11-9-7-2/h8,10,14,16,19-20,22-23,25-26,28-29,31-32,34-35,48,50,55-56,60H,6-7,9,11-13,15,17-18,21,24,27,30,33,36-47,49,51-54H2,1-5H3,(H-,58,61,62,63)/p+1/b10-8-,16-14-,20-19-,23-22-,26-25-,29-28-,32-31-,35-34-,50-48+. The van der Waals surface area contributed by atoms with Crippen molar-refractivity contribution >= 4 is 13.7 Å². The Hall–Kier alpha value is -2.84. The Balaban J connectivity index is 4.18. The minimum Gasteiger partial charge on any atom is -0.387 e. The summed E-state index contributed by atoms with van der Waals surface area (Å²) in [5.41, 5.74) is 0. The molecule has 0 aliphatic carbocycles. The molecule has 0 saturated carbocycles. The molecule has 0 rings (SSSR count). The third-order valence-corrected chi connectivity index (χ3v) is 12.0. The van der Waals surface area contributed by atoms with E-state index >= 15 is 0 Å². The van der Waals surface area contributed by atoms with Crippen molar-refractivity contribution in [3.8, 4) is 0 Å². The highest BCUT2D eigenvalue weighted by atomic mass is 31.2. The van der Waals surface area contributed by atoms with Crippen LogP contribution in [0.15, 0.2) is 109 Å². The quantitative estimate of drug-likeness (QED) is 0.0243. The molecule has 0 saturated heterocycles. The van der Waals surface area contributed by atoms with E-state index in [2.05, 4.69) is 116 Å². The molecule has 0 radical (unpaired) electrons. The number of hydrogen-bond donors (Lipinski definition) is 3. The number of aliphatic hydroxyl groups excluding tert-OH is 1. The van der Waals surface area contributed by atoms with E-state index in [4.69, 9.17) is 9.05 Å². The lowest BCUT2D eigenvalue weighted by Crippen LogP contribution is -2.45. The Bertz CT molecular complexity index is 1440. The molecule has 0 aromatic carbocycles.